The number of rotatable bonds is 6. The summed E-state index contributed by atoms with van der Waals surface area (Å²) in [6, 6.07) is 1.07. The Morgan fingerprint density at radius 1 is 1.61 bits per heavy atom. The van der Waals surface area contributed by atoms with Gasteiger partial charge in [-0.3, -0.25) is 9.89 Å². The smallest absolute Gasteiger partial charge is 0.255 e. The molecule has 0 aromatic carbocycles. The third-order valence-electron chi connectivity index (χ3n) is 2.32. The number of nitrogens with two attached hydrogens (primary N) is 1. The number of nitrogens with zero attached hydrogens (tertiary/aromatic N) is 1. The van der Waals surface area contributed by atoms with E-state index in [-0.39, 0.29) is 24.8 Å². The Kier molecular flexibility index (Phi) is 11.0. The summed E-state index contributed by atoms with van der Waals surface area (Å²) in [5.41, 5.74) is 5.70. The van der Waals surface area contributed by atoms with Gasteiger partial charge in [-0.25, -0.2) is 0 Å². The molecule has 0 fully saturated rings. The highest BCUT2D eigenvalue weighted by molar-refractivity contribution is 5.93. The van der Waals surface area contributed by atoms with Gasteiger partial charge in [0.25, 0.3) is 5.91 Å². The SMILES string of the molecule is CCCC[C@H](N)[C@@H](O)C(=O)Nc1ccn[nH]1.Cl.Cl. The van der Waals surface area contributed by atoms with E-state index in [1.807, 2.05) is 6.92 Å². The molecule has 18 heavy (non-hydrogen) atoms. The molecule has 1 aromatic rings. The molecule has 1 aromatic heterocycles. The van der Waals surface area contributed by atoms with E-state index in [1.165, 1.54) is 6.20 Å². The van der Waals surface area contributed by atoms with Crippen molar-refractivity contribution < 1.29 is 9.90 Å². The van der Waals surface area contributed by atoms with Gasteiger partial charge in [-0.2, -0.15) is 5.10 Å². The maximum atomic E-state index is 11.5. The Morgan fingerprint density at radius 2 is 2.28 bits per heavy atom. The number of hydrogen-bond acceptors (Lipinski definition) is 4. The van der Waals surface area contributed by atoms with Crippen molar-refractivity contribution in [3.8, 4) is 0 Å². The van der Waals surface area contributed by atoms with Gasteiger partial charge in [0.2, 0.25) is 0 Å². The molecule has 2 atom stereocenters. The Hall–Kier alpha value is -0.820. The quantitative estimate of drug-likeness (QED) is 0.630. The normalized spacial score (nSPS) is 12.8. The van der Waals surface area contributed by atoms with Crippen LogP contribution in [0.3, 0.4) is 0 Å². The minimum Gasteiger partial charge on any atom is -0.382 e. The first-order valence-corrected chi connectivity index (χ1v) is 5.39. The molecular formula is C10H20Cl2N4O2. The average molecular weight is 299 g/mol. The van der Waals surface area contributed by atoms with Gasteiger partial charge in [0.1, 0.15) is 11.9 Å². The molecule has 0 spiro atoms. The van der Waals surface area contributed by atoms with Crippen molar-refractivity contribution >= 4 is 36.5 Å². The Balaban J connectivity index is 0. The number of H-pyrrole nitrogens is 1. The summed E-state index contributed by atoms with van der Waals surface area (Å²) in [7, 11) is 0. The number of nitrogens with one attached hydrogen (secondary N) is 2. The molecule has 0 aliphatic rings. The fraction of sp³-hybridized carbons (Fsp3) is 0.600. The van der Waals surface area contributed by atoms with Gasteiger partial charge in [0, 0.05) is 12.1 Å². The molecule has 0 aliphatic heterocycles. The molecule has 0 bridgehead atoms. The van der Waals surface area contributed by atoms with Gasteiger partial charge in [0.15, 0.2) is 0 Å². The summed E-state index contributed by atoms with van der Waals surface area (Å²) in [6.07, 6.45) is 2.85. The zero-order valence-electron chi connectivity index (χ0n) is 10.1. The highest BCUT2D eigenvalue weighted by Gasteiger charge is 2.22. The monoisotopic (exact) mass is 298 g/mol. The third-order valence-corrected chi connectivity index (χ3v) is 2.32. The Bertz CT molecular complexity index is 322. The molecule has 0 saturated heterocycles. The molecule has 8 heteroatoms. The van der Waals surface area contributed by atoms with Crippen LogP contribution in [0.25, 0.3) is 0 Å². The van der Waals surface area contributed by atoms with Gasteiger partial charge in [-0.1, -0.05) is 19.8 Å². The van der Waals surface area contributed by atoms with Crippen LogP contribution in [0.5, 0.6) is 0 Å². The molecule has 0 aliphatic carbocycles. The second-order valence-corrected chi connectivity index (χ2v) is 3.71. The van der Waals surface area contributed by atoms with Gasteiger partial charge in [-0.15, -0.1) is 24.8 Å². The van der Waals surface area contributed by atoms with Crippen molar-refractivity contribution in [3.63, 3.8) is 0 Å². The molecular weight excluding hydrogens is 279 g/mol. The summed E-state index contributed by atoms with van der Waals surface area (Å²) >= 11 is 0. The molecule has 1 heterocycles. The molecule has 5 N–H and O–H groups in total. The molecule has 6 nitrogen and oxygen atoms in total. The van der Waals surface area contributed by atoms with Crippen molar-refractivity contribution in [2.75, 3.05) is 5.32 Å². The predicted molar refractivity (Wildman–Crippen MR) is 75.2 cm³/mol. The van der Waals surface area contributed by atoms with E-state index >= 15 is 0 Å². The van der Waals surface area contributed by atoms with Crippen LogP contribution in [0, 0.1) is 0 Å². The zero-order chi connectivity index (χ0) is 12.0. The minimum absolute atomic E-state index is 0. The minimum atomic E-state index is -1.19. The number of aliphatic hydroxyl groups excluding tert-OH is 1. The van der Waals surface area contributed by atoms with Crippen LogP contribution in [0.2, 0.25) is 0 Å². The third kappa shape index (κ3) is 6.20. The van der Waals surface area contributed by atoms with Gasteiger partial charge in [-0.05, 0) is 6.42 Å². The molecule has 0 unspecified atom stereocenters. The first-order chi connectivity index (χ1) is 7.65. The fourth-order valence-corrected chi connectivity index (χ4v) is 1.32. The Morgan fingerprint density at radius 3 is 2.78 bits per heavy atom. The maximum absolute atomic E-state index is 11.5. The average Bonchev–Trinajstić information content (AvgIpc) is 2.77. The first kappa shape index (κ1) is 19.5. The lowest BCUT2D eigenvalue weighted by molar-refractivity contribution is -0.125. The fourth-order valence-electron chi connectivity index (χ4n) is 1.32. The summed E-state index contributed by atoms with van der Waals surface area (Å²) in [5.74, 6) is -0.0559. The van der Waals surface area contributed by atoms with Gasteiger partial charge >= 0.3 is 0 Å². The van der Waals surface area contributed by atoms with Crippen LogP contribution in [-0.2, 0) is 4.79 Å². The van der Waals surface area contributed by atoms with E-state index in [1.54, 1.807) is 6.07 Å². The highest BCUT2D eigenvalue weighted by Crippen LogP contribution is 2.06. The number of amides is 1. The lowest BCUT2D eigenvalue weighted by atomic mass is 10.0. The van der Waals surface area contributed by atoms with Crippen molar-refractivity contribution in [1.29, 1.82) is 0 Å². The van der Waals surface area contributed by atoms with Crippen molar-refractivity contribution in [2.45, 2.75) is 38.3 Å². The maximum Gasteiger partial charge on any atom is 0.255 e. The van der Waals surface area contributed by atoms with Gasteiger partial charge in [0.05, 0.1) is 6.20 Å². The van der Waals surface area contributed by atoms with Crippen LogP contribution in [-0.4, -0.2) is 33.4 Å². The van der Waals surface area contributed by atoms with E-state index < -0.39 is 18.1 Å². The largest absolute Gasteiger partial charge is 0.382 e. The zero-order valence-corrected chi connectivity index (χ0v) is 11.8. The molecule has 0 radical (unpaired) electrons. The summed E-state index contributed by atoms with van der Waals surface area (Å²) in [6.45, 7) is 2.03. The topological polar surface area (TPSA) is 104 Å². The highest BCUT2D eigenvalue weighted by atomic mass is 35.5. The number of aliphatic hydroxyl groups is 1. The number of anilines is 1. The Labute approximate surface area is 119 Å². The second-order valence-electron chi connectivity index (χ2n) is 3.71. The van der Waals surface area contributed by atoms with E-state index in [2.05, 4.69) is 15.5 Å². The first-order valence-electron chi connectivity index (χ1n) is 5.39. The second kappa shape index (κ2) is 10.1. The molecule has 106 valence electrons. The summed E-state index contributed by atoms with van der Waals surface area (Å²) in [5, 5.41) is 18.4. The van der Waals surface area contributed by atoms with Crippen LogP contribution in [0.1, 0.15) is 26.2 Å². The molecule has 0 saturated carbocycles. The summed E-state index contributed by atoms with van der Waals surface area (Å²) in [4.78, 5) is 11.5. The number of unbranched alkanes of at least 4 members (excludes halogenated alkanes) is 1. The lowest BCUT2D eigenvalue weighted by Crippen LogP contribution is -2.43. The van der Waals surface area contributed by atoms with Gasteiger partial charge < -0.3 is 16.2 Å². The van der Waals surface area contributed by atoms with Crippen LogP contribution < -0.4 is 11.1 Å². The number of carbonyl (C=O) groups excluding carboxylic acids is 1. The number of halogens is 2. The van der Waals surface area contributed by atoms with E-state index in [0.717, 1.165) is 12.8 Å². The number of aromatic nitrogens is 2. The van der Waals surface area contributed by atoms with Crippen molar-refractivity contribution in [1.82, 2.24) is 10.2 Å². The van der Waals surface area contributed by atoms with Crippen LogP contribution in [0.4, 0.5) is 5.82 Å². The molecule has 1 amide bonds. The van der Waals surface area contributed by atoms with E-state index in [0.29, 0.717) is 12.2 Å². The van der Waals surface area contributed by atoms with E-state index in [9.17, 15) is 9.90 Å². The molecule has 1 rings (SSSR count). The predicted octanol–water partition coefficient (Wildman–Crippen LogP) is 1.07. The van der Waals surface area contributed by atoms with E-state index in [4.69, 9.17) is 5.73 Å². The van der Waals surface area contributed by atoms with Crippen LogP contribution in [0.15, 0.2) is 12.3 Å². The number of carbonyl (C=O) groups is 1. The summed E-state index contributed by atoms with van der Waals surface area (Å²) < 4.78 is 0. The standard InChI is InChI=1S/C10H18N4O2.2ClH/c1-2-3-4-7(11)9(15)10(16)13-8-5-6-12-14-8;;/h5-7,9,15H,2-4,11H2,1H3,(H2,12,13,14,16);2*1H/t7-,9+;;/m0../s1. The number of aromatic amines is 1. The van der Waals surface area contributed by atoms with Crippen molar-refractivity contribution in [2.24, 2.45) is 5.73 Å². The van der Waals surface area contributed by atoms with Crippen LogP contribution >= 0.6 is 24.8 Å². The lowest BCUT2D eigenvalue weighted by Gasteiger charge is -2.17. The number of hydrogen-bond donors (Lipinski definition) is 4. The van der Waals surface area contributed by atoms with Crippen molar-refractivity contribution in [3.05, 3.63) is 12.3 Å².